The van der Waals surface area contributed by atoms with Crippen LogP contribution >= 0.6 is 28.1 Å². The number of halogens is 1. The summed E-state index contributed by atoms with van der Waals surface area (Å²) in [7, 11) is 0. The van der Waals surface area contributed by atoms with E-state index in [1.807, 2.05) is 78.9 Å². The fourth-order valence-corrected chi connectivity index (χ4v) is 3.20. The van der Waals surface area contributed by atoms with E-state index in [4.69, 9.17) is 17.0 Å². The van der Waals surface area contributed by atoms with Crippen LogP contribution in [0.2, 0.25) is 0 Å². The third kappa shape index (κ3) is 4.70. The van der Waals surface area contributed by atoms with E-state index in [0.29, 0.717) is 17.2 Å². The molecular weight excluding hydrogens is 448 g/mol. The number of nitrogens with zero attached hydrogens (tertiary/aromatic N) is 3. The predicted molar refractivity (Wildman–Crippen MR) is 121 cm³/mol. The van der Waals surface area contributed by atoms with Crippen LogP contribution in [0.4, 0.5) is 0 Å². The van der Waals surface area contributed by atoms with E-state index in [1.165, 1.54) is 0 Å². The molecule has 0 aliphatic heterocycles. The number of rotatable bonds is 6. The Morgan fingerprint density at radius 3 is 2.52 bits per heavy atom. The lowest BCUT2D eigenvalue weighted by Gasteiger charge is -2.09. The number of aromatic amines is 1. The number of H-pyrrole nitrogens is 1. The van der Waals surface area contributed by atoms with Crippen LogP contribution in [0, 0.1) is 4.77 Å². The van der Waals surface area contributed by atoms with Crippen LogP contribution in [0.25, 0.3) is 11.4 Å². The van der Waals surface area contributed by atoms with Gasteiger partial charge < -0.3 is 4.74 Å². The highest BCUT2D eigenvalue weighted by Crippen LogP contribution is 2.20. The zero-order valence-electron chi connectivity index (χ0n) is 15.3. The molecule has 7 heteroatoms. The number of hydrogen-bond donors (Lipinski definition) is 1. The highest BCUT2D eigenvalue weighted by molar-refractivity contribution is 9.10. The van der Waals surface area contributed by atoms with Crippen molar-refractivity contribution in [1.29, 1.82) is 0 Å². The van der Waals surface area contributed by atoms with Crippen molar-refractivity contribution in [2.45, 2.75) is 6.61 Å². The largest absolute Gasteiger partial charge is 0.488 e. The van der Waals surface area contributed by atoms with Gasteiger partial charge in [-0.15, -0.1) is 0 Å². The van der Waals surface area contributed by atoms with Crippen molar-refractivity contribution in [3.63, 3.8) is 0 Å². The van der Waals surface area contributed by atoms with Gasteiger partial charge in [0.15, 0.2) is 5.82 Å². The zero-order valence-corrected chi connectivity index (χ0v) is 17.7. The van der Waals surface area contributed by atoms with Crippen LogP contribution in [-0.2, 0) is 6.61 Å². The average molecular weight is 465 g/mol. The van der Waals surface area contributed by atoms with Gasteiger partial charge in [-0.25, -0.2) is 5.10 Å². The second-order valence-corrected chi connectivity index (χ2v) is 7.53. The lowest BCUT2D eigenvalue weighted by atomic mass is 10.2. The molecule has 0 saturated carbocycles. The van der Waals surface area contributed by atoms with Gasteiger partial charge in [0.1, 0.15) is 12.4 Å². The van der Waals surface area contributed by atoms with Crippen molar-refractivity contribution in [1.82, 2.24) is 14.9 Å². The van der Waals surface area contributed by atoms with Crippen molar-refractivity contribution < 1.29 is 4.74 Å². The van der Waals surface area contributed by atoms with Gasteiger partial charge in [-0.3, -0.25) is 0 Å². The molecule has 3 aromatic carbocycles. The van der Waals surface area contributed by atoms with Gasteiger partial charge in [-0.1, -0.05) is 70.5 Å². The second kappa shape index (κ2) is 8.98. The smallest absolute Gasteiger partial charge is 0.216 e. The van der Waals surface area contributed by atoms with Gasteiger partial charge in [0, 0.05) is 15.6 Å². The highest BCUT2D eigenvalue weighted by atomic mass is 79.9. The van der Waals surface area contributed by atoms with Crippen LogP contribution in [0.3, 0.4) is 0 Å². The molecule has 0 aliphatic rings. The lowest BCUT2D eigenvalue weighted by Crippen LogP contribution is -1.99. The highest BCUT2D eigenvalue weighted by Gasteiger charge is 2.08. The molecule has 5 nitrogen and oxygen atoms in total. The van der Waals surface area contributed by atoms with Gasteiger partial charge in [0.05, 0.1) is 6.21 Å². The Morgan fingerprint density at radius 2 is 1.72 bits per heavy atom. The maximum Gasteiger partial charge on any atom is 0.216 e. The van der Waals surface area contributed by atoms with Crippen molar-refractivity contribution in [2.75, 3.05) is 0 Å². The van der Waals surface area contributed by atoms with Crippen LogP contribution in [0.1, 0.15) is 11.1 Å². The first-order valence-electron chi connectivity index (χ1n) is 8.94. The van der Waals surface area contributed by atoms with Gasteiger partial charge >= 0.3 is 0 Å². The molecule has 0 atom stereocenters. The molecule has 4 rings (SSSR count). The second-order valence-electron chi connectivity index (χ2n) is 6.23. The molecule has 29 heavy (non-hydrogen) atoms. The molecule has 0 aliphatic carbocycles. The lowest BCUT2D eigenvalue weighted by molar-refractivity contribution is 0.306. The molecule has 1 aromatic heterocycles. The molecule has 0 unspecified atom stereocenters. The Bertz CT molecular complexity index is 1180. The fraction of sp³-hybridized carbons (Fsp3) is 0.0455. The predicted octanol–water partition coefficient (Wildman–Crippen LogP) is 5.83. The van der Waals surface area contributed by atoms with Crippen molar-refractivity contribution in [3.05, 3.63) is 99.2 Å². The quantitative estimate of drug-likeness (QED) is 0.288. The van der Waals surface area contributed by atoms with Crippen LogP contribution in [-0.4, -0.2) is 21.1 Å². The molecule has 4 aromatic rings. The Kier molecular flexibility index (Phi) is 5.97. The number of benzene rings is 3. The minimum atomic E-state index is 0.424. The van der Waals surface area contributed by atoms with Gasteiger partial charge in [0.25, 0.3) is 0 Å². The first kappa shape index (κ1) is 19.3. The number of para-hydroxylation sites is 1. The van der Waals surface area contributed by atoms with E-state index in [1.54, 1.807) is 10.9 Å². The summed E-state index contributed by atoms with van der Waals surface area (Å²) < 4.78 is 9.09. The van der Waals surface area contributed by atoms with E-state index in [0.717, 1.165) is 26.9 Å². The summed E-state index contributed by atoms with van der Waals surface area (Å²) in [4.78, 5) is 0. The Labute approximate surface area is 181 Å². The average Bonchev–Trinajstić information content (AvgIpc) is 3.13. The summed E-state index contributed by atoms with van der Waals surface area (Å²) >= 11 is 8.79. The Hall–Kier alpha value is -3.03. The fourth-order valence-electron chi connectivity index (χ4n) is 2.75. The number of nitrogens with one attached hydrogen (secondary N) is 1. The number of ether oxygens (including phenoxy) is 1. The maximum absolute atomic E-state index is 6.01. The molecule has 0 bridgehead atoms. The number of hydrogen-bond acceptors (Lipinski definition) is 4. The molecule has 0 saturated heterocycles. The summed E-state index contributed by atoms with van der Waals surface area (Å²) in [5.74, 6) is 1.40. The van der Waals surface area contributed by atoms with E-state index in [-0.39, 0.29) is 0 Å². The van der Waals surface area contributed by atoms with Crippen LogP contribution < -0.4 is 4.74 Å². The third-order valence-electron chi connectivity index (χ3n) is 4.22. The van der Waals surface area contributed by atoms with E-state index in [9.17, 15) is 0 Å². The van der Waals surface area contributed by atoms with E-state index >= 15 is 0 Å². The SMILES string of the molecule is S=c1[nH]nc(-c2ccccc2)n1/N=C/c1ccccc1OCc1ccc(Br)cc1. The van der Waals surface area contributed by atoms with Crippen molar-refractivity contribution in [2.24, 2.45) is 5.10 Å². The number of aromatic nitrogens is 3. The Morgan fingerprint density at radius 1 is 1.00 bits per heavy atom. The first-order valence-corrected chi connectivity index (χ1v) is 10.1. The van der Waals surface area contributed by atoms with E-state index < -0.39 is 0 Å². The summed E-state index contributed by atoms with van der Waals surface area (Å²) in [5, 5.41) is 11.7. The van der Waals surface area contributed by atoms with Gasteiger partial charge in [-0.05, 0) is 42.0 Å². The summed E-state index contributed by atoms with van der Waals surface area (Å²) in [6, 6.07) is 25.6. The molecule has 1 N–H and O–H groups in total. The van der Waals surface area contributed by atoms with Crippen molar-refractivity contribution >= 4 is 34.4 Å². The van der Waals surface area contributed by atoms with Crippen LogP contribution in [0.15, 0.2) is 88.4 Å². The van der Waals surface area contributed by atoms with Gasteiger partial charge in [-0.2, -0.15) is 14.9 Å². The molecule has 0 spiro atoms. The standard InChI is InChI=1S/C22H17BrN4OS/c23-19-12-10-16(11-13-19)15-28-20-9-5-4-8-18(20)14-24-27-21(25-26-22(27)29)17-6-2-1-3-7-17/h1-14H,15H2,(H,26,29)/b24-14+. The first-order chi connectivity index (χ1) is 14.2. The normalized spacial score (nSPS) is 11.1. The minimum Gasteiger partial charge on any atom is -0.488 e. The molecule has 1 heterocycles. The molecule has 144 valence electrons. The molecule has 0 fully saturated rings. The summed E-state index contributed by atoms with van der Waals surface area (Å²) in [6.07, 6.45) is 1.73. The van der Waals surface area contributed by atoms with Crippen molar-refractivity contribution in [3.8, 4) is 17.1 Å². The molecular formula is C22H17BrN4OS. The minimum absolute atomic E-state index is 0.424. The Balaban J connectivity index is 1.58. The topological polar surface area (TPSA) is 55.2 Å². The molecule has 0 amide bonds. The maximum atomic E-state index is 6.01. The van der Waals surface area contributed by atoms with Gasteiger partial charge in [0.2, 0.25) is 4.77 Å². The summed E-state index contributed by atoms with van der Waals surface area (Å²) in [6.45, 7) is 0.471. The molecule has 0 radical (unpaired) electrons. The summed E-state index contributed by atoms with van der Waals surface area (Å²) in [5.41, 5.74) is 2.87. The van der Waals surface area contributed by atoms with Crippen LogP contribution in [0.5, 0.6) is 5.75 Å². The van der Waals surface area contributed by atoms with E-state index in [2.05, 4.69) is 31.2 Å². The monoisotopic (exact) mass is 464 g/mol. The third-order valence-corrected chi connectivity index (χ3v) is 5.01. The zero-order chi connectivity index (χ0) is 20.1.